The van der Waals surface area contributed by atoms with Crippen molar-refractivity contribution in [3.05, 3.63) is 68.2 Å². The molecule has 2 rings (SSSR count). The molecule has 20 heavy (non-hydrogen) atoms. The summed E-state index contributed by atoms with van der Waals surface area (Å²) in [6, 6.07) is 13.7. The Morgan fingerprint density at radius 3 is 2.75 bits per heavy atom. The van der Waals surface area contributed by atoms with Crippen LogP contribution in [0.4, 0.5) is 5.69 Å². The van der Waals surface area contributed by atoms with Gasteiger partial charge in [0.1, 0.15) is 18.4 Å². The zero-order valence-electron chi connectivity index (χ0n) is 10.2. The number of nitro benzene ring substituents is 1. The van der Waals surface area contributed by atoms with Crippen LogP contribution in [0.1, 0.15) is 11.1 Å². The molecule has 2 aromatic rings. The van der Waals surface area contributed by atoms with Crippen LogP contribution in [0.3, 0.4) is 0 Å². The van der Waals surface area contributed by atoms with Gasteiger partial charge in [0, 0.05) is 6.07 Å². The van der Waals surface area contributed by atoms with Crippen LogP contribution in [0.25, 0.3) is 0 Å². The Balaban J connectivity index is 2.18. The van der Waals surface area contributed by atoms with Crippen molar-refractivity contribution in [2.24, 2.45) is 0 Å². The van der Waals surface area contributed by atoms with Gasteiger partial charge in [0.25, 0.3) is 5.69 Å². The van der Waals surface area contributed by atoms with Crippen LogP contribution in [-0.2, 0) is 6.61 Å². The van der Waals surface area contributed by atoms with Crippen molar-refractivity contribution in [3.8, 4) is 11.8 Å². The molecule has 5 nitrogen and oxygen atoms in total. The minimum absolute atomic E-state index is 0.0142. The molecule has 0 radical (unpaired) electrons. The fraction of sp³-hybridized carbons (Fsp3) is 0.0714. The summed E-state index contributed by atoms with van der Waals surface area (Å²) in [5.41, 5.74) is 1.08. The number of ether oxygens (including phenoxy) is 1. The highest BCUT2D eigenvalue weighted by atomic mass is 79.9. The van der Waals surface area contributed by atoms with Crippen LogP contribution < -0.4 is 4.74 Å². The molecule has 0 saturated carbocycles. The predicted molar refractivity (Wildman–Crippen MR) is 76.3 cm³/mol. The van der Waals surface area contributed by atoms with E-state index in [0.717, 1.165) is 0 Å². The van der Waals surface area contributed by atoms with Crippen molar-refractivity contribution in [2.75, 3.05) is 0 Å². The maximum atomic E-state index is 10.8. The van der Waals surface area contributed by atoms with Gasteiger partial charge in [-0.3, -0.25) is 10.1 Å². The Morgan fingerprint density at radius 1 is 1.30 bits per heavy atom. The normalized spacial score (nSPS) is 9.80. The molecular formula is C14H9BrN2O3. The molecule has 0 aliphatic carbocycles. The molecule has 0 aliphatic rings. The average Bonchev–Trinajstić information content (AvgIpc) is 2.46. The zero-order chi connectivity index (χ0) is 14.5. The van der Waals surface area contributed by atoms with E-state index in [1.807, 2.05) is 6.07 Å². The fourth-order valence-corrected chi connectivity index (χ4v) is 2.03. The second-order valence-electron chi connectivity index (χ2n) is 3.94. The number of hydrogen-bond donors (Lipinski definition) is 0. The first-order valence-corrected chi connectivity index (χ1v) is 6.46. The minimum atomic E-state index is -0.461. The highest BCUT2D eigenvalue weighted by Gasteiger charge is 2.12. The monoisotopic (exact) mass is 332 g/mol. The summed E-state index contributed by atoms with van der Waals surface area (Å²) in [4.78, 5) is 10.4. The zero-order valence-corrected chi connectivity index (χ0v) is 11.8. The number of halogens is 1. The molecule has 100 valence electrons. The molecule has 0 bridgehead atoms. The van der Waals surface area contributed by atoms with Gasteiger partial charge >= 0.3 is 0 Å². The molecule has 0 N–H and O–H groups in total. The molecule has 6 heteroatoms. The van der Waals surface area contributed by atoms with Crippen LogP contribution in [0, 0.1) is 21.4 Å². The maximum absolute atomic E-state index is 10.8. The molecule has 0 fully saturated rings. The van der Waals surface area contributed by atoms with Crippen LogP contribution in [0.2, 0.25) is 0 Å². The van der Waals surface area contributed by atoms with Gasteiger partial charge in [0.05, 0.1) is 15.0 Å². The summed E-state index contributed by atoms with van der Waals surface area (Å²) in [6.07, 6.45) is 0. The molecule has 0 aromatic heterocycles. The summed E-state index contributed by atoms with van der Waals surface area (Å²) in [5, 5.41) is 19.8. The van der Waals surface area contributed by atoms with Crippen LogP contribution in [0.5, 0.6) is 5.75 Å². The Labute approximate surface area is 123 Å². The van der Waals surface area contributed by atoms with Gasteiger partial charge in [-0.15, -0.1) is 0 Å². The van der Waals surface area contributed by atoms with E-state index in [1.54, 1.807) is 36.4 Å². The van der Waals surface area contributed by atoms with Crippen molar-refractivity contribution in [1.82, 2.24) is 0 Å². The highest BCUT2D eigenvalue weighted by Crippen LogP contribution is 2.26. The largest absolute Gasteiger partial charge is 0.488 e. The Kier molecular flexibility index (Phi) is 4.33. The summed E-state index contributed by atoms with van der Waals surface area (Å²) < 4.78 is 5.95. The molecule has 0 saturated heterocycles. The molecule has 0 aliphatic heterocycles. The second kappa shape index (κ2) is 6.17. The fourth-order valence-electron chi connectivity index (χ4n) is 1.63. The number of rotatable bonds is 4. The molecule has 2 aromatic carbocycles. The van der Waals surface area contributed by atoms with Crippen molar-refractivity contribution >= 4 is 21.6 Å². The lowest BCUT2D eigenvalue weighted by atomic mass is 10.2. The number of nitro groups is 1. The van der Waals surface area contributed by atoms with E-state index in [9.17, 15) is 10.1 Å². The molecule has 0 heterocycles. The lowest BCUT2D eigenvalue weighted by Gasteiger charge is -2.08. The minimum Gasteiger partial charge on any atom is -0.488 e. The Morgan fingerprint density at radius 2 is 2.05 bits per heavy atom. The SMILES string of the molecule is N#Cc1ccccc1OCc1ccc(Br)c([N+](=O)[O-])c1. The van der Waals surface area contributed by atoms with Crippen molar-refractivity contribution in [2.45, 2.75) is 6.61 Å². The van der Waals surface area contributed by atoms with Gasteiger partial charge in [-0.25, -0.2) is 0 Å². The molecule has 0 amide bonds. The Hall–Kier alpha value is -2.39. The summed E-state index contributed by atoms with van der Waals surface area (Å²) in [6.45, 7) is 0.160. The third kappa shape index (κ3) is 3.13. The van der Waals surface area contributed by atoms with Gasteiger partial charge in [0.15, 0.2) is 0 Å². The molecule has 0 spiro atoms. The predicted octanol–water partition coefficient (Wildman–Crippen LogP) is 3.81. The van der Waals surface area contributed by atoms with Gasteiger partial charge in [-0.1, -0.05) is 18.2 Å². The number of benzene rings is 2. The van der Waals surface area contributed by atoms with Crippen LogP contribution in [-0.4, -0.2) is 4.92 Å². The number of hydrogen-bond acceptors (Lipinski definition) is 4. The average molecular weight is 333 g/mol. The quantitative estimate of drug-likeness (QED) is 0.630. The van der Waals surface area contributed by atoms with Gasteiger partial charge < -0.3 is 4.74 Å². The topological polar surface area (TPSA) is 76.2 Å². The molecule has 0 unspecified atom stereocenters. The highest BCUT2D eigenvalue weighted by molar-refractivity contribution is 9.10. The lowest BCUT2D eigenvalue weighted by molar-refractivity contribution is -0.385. The Bertz CT molecular complexity index is 695. The van der Waals surface area contributed by atoms with E-state index >= 15 is 0 Å². The van der Waals surface area contributed by atoms with E-state index in [2.05, 4.69) is 15.9 Å². The molecule has 0 atom stereocenters. The van der Waals surface area contributed by atoms with Crippen molar-refractivity contribution < 1.29 is 9.66 Å². The third-order valence-corrected chi connectivity index (χ3v) is 3.28. The summed E-state index contributed by atoms with van der Waals surface area (Å²) in [5.74, 6) is 0.459. The second-order valence-corrected chi connectivity index (χ2v) is 4.79. The van der Waals surface area contributed by atoms with E-state index in [4.69, 9.17) is 10.00 Å². The first kappa shape index (κ1) is 14.0. The van der Waals surface area contributed by atoms with E-state index in [0.29, 0.717) is 21.3 Å². The standard InChI is InChI=1S/C14H9BrN2O3/c15-12-6-5-10(7-13(12)17(18)19)9-20-14-4-2-1-3-11(14)8-16/h1-7H,9H2. The first-order chi connectivity index (χ1) is 9.61. The van der Waals surface area contributed by atoms with Crippen LogP contribution >= 0.6 is 15.9 Å². The van der Waals surface area contributed by atoms with E-state index < -0.39 is 4.92 Å². The summed E-state index contributed by atoms with van der Waals surface area (Å²) in [7, 11) is 0. The number of nitriles is 1. The number of nitrogens with zero attached hydrogens (tertiary/aromatic N) is 2. The van der Waals surface area contributed by atoms with Gasteiger partial charge in [-0.05, 0) is 39.7 Å². The first-order valence-electron chi connectivity index (χ1n) is 5.66. The lowest BCUT2D eigenvalue weighted by Crippen LogP contribution is -1.99. The summed E-state index contributed by atoms with van der Waals surface area (Å²) >= 11 is 3.12. The van der Waals surface area contributed by atoms with Gasteiger partial charge in [0.2, 0.25) is 0 Å². The van der Waals surface area contributed by atoms with Crippen molar-refractivity contribution in [3.63, 3.8) is 0 Å². The maximum Gasteiger partial charge on any atom is 0.283 e. The number of para-hydroxylation sites is 1. The van der Waals surface area contributed by atoms with E-state index in [-0.39, 0.29) is 12.3 Å². The smallest absolute Gasteiger partial charge is 0.283 e. The van der Waals surface area contributed by atoms with Gasteiger partial charge in [-0.2, -0.15) is 5.26 Å². The van der Waals surface area contributed by atoms with Crippen LogP contribution in [0.15, 0.2) is 46.9 Å². The molecular weight excluding hydrogens is 324 g/mol. The van der Waals surface area contributed by atoms with Crippen molar-refractivity contribution in [1.29, 1.82) is 5.26 Å². The van der Waals surface area contributed by atoms with E-state index in [1.165, 1.54) is 6.07 Å². The third-order valence-electron chi connectivity index (χ3n) is 2.61.